The Morgan fingerprint density at radius 2 is 1.68 bits per heavy atom. The van der Waals surface area contributed by atoms with Gasteiger partial charge in [0.2, 0.25) is 15.9 Å². The van der Waals surface area contributed by atoms with E-state index in [-0.39, 0.29) is 35.8 Å². The third-order valence-electron chi connectivity index (χ3n) is 5.97. The van der Waals surface area contributed by atoms with Crippen LogP contribution in [0, 0.1) is 5.92 Å². The summed E-state index contributed by atoms with van der Waals surface area (Å²) in [6, 6.07) is 15.7. The van der Waals surface area contributed by atoms with Crippen molar-refractivity contribution >= 4 is 21.9 Å². The van der Waals surface area contributed by atoms with Gasteiger partial charge < -0.3 is 14.4 Å². The Morgan fingerprint density at radius 3 is 2.26 bits per heavy atom. The topological polar surface area (TPSA) is 93.2 Å². The second-order valence-electron chi connectivity index (χ2n) is 8.16. The van der Waals surface area contributed by atoms with Crippen LogP contribution in [0.2, 0.25) is 0 Å². The molecule has 0 aliphatic carbocycles. The van der Waals surface area contributed by atoms with Gasteiger partial charge in [-0.2, -0.15) is 4.31 Å². The first-order chi connectivity index (χ1) is 16.3. The largest absolute Gasteiger partial charge is 0.497 e. The van der Waals surface area contributed by atoms with E-state index in [0.29, 0.717) is 44.7 Å². The van der Waals surface area contributed by atoms with Crippen LogP contribution < -0.4 is 4.74 Å². The number of likely N-dealkylation sites (tertiary alicyclic amines) is 1. The number of piperidine rings is 1. The standard InChI is InChI=1S/C25H32N2O6S/c1-3-33-25(29)21-14-16-26(17-15-21)24(28)19-27(18-13-20-7-5-4-6-8-20)34(30,31)23-11-9-22(32-2)10-12-23/h4-12,21H,3,13-19H2,1-2H3. The number of hydrogen-bond acceptors (Lipinski definition) is 6. The van der Waals surface area contributed by atoms with E-state index in [2.05, 4.69) is 0 Å². The van der Waals surface area contributed by atoms with Crippen molar-refractivity contribution < 1.29 is 27.5 Å². The molecule has 1 amide bonds. The zero-order chi connectivity index (χ0) is 24.6. The van der Waals surface area contributed by atoms with Gasteiger partial charge in [0, 0.05) is 19.6 Å². The Labute approximate surface area is 201 Å². The molecule has 0 spiro atoms. The molecular weight excluding hydrogens is 456 g/mol. The molecule has 0 N–H and O–H groups in total. The van der Waals surface area contributed by atoms with Gasteiger partial charge in [-0.25, -0.2) is 8.42 Å². The van der Waals surface area contributed by atoms with E-state index in [1.807, 2.05) is 30.3 Å². The average Bonchev–Trinajstić information content (AvgIpc) is 2.87. The van der Waals surface area contributed by atoms with E-state index in [1.165, 1.54) is 23.5 Å². The quantitative estimate of drug-likeness (QED) is 0.478. The molecule has 3 rings (SSSR count). The summed E-state index contributed by atoms with van der Waals surface area (Å²) in [5, 5.41) is 0. The van der Waals surface area contributed by atoms with Gasteiger partial charge >= 0.3 is 5.97 Å². The van der Waals surface area contributed by atoms with E-state index < -0.39 is 10.0 Å². The van der Waals surface area contributed by atoms with Gasteiger partial charge in [-0.15, -0.1) is 0 Å². The number of esters is 1. The van der Waals surface area contributed by atoms with Gasteiger partial charge in [0.25, 0.3) is 0 Å². The van der Waals surface area contributed by atoms with Crippen LogP contribution in [0.1, 0.15) is 25.3 Å². The van der Waals surface area contributed by atoms with Crippen LogP contribution in [0.25, 0.3) is 0 Å². The molecular formula is C25H32N2O6S. The lowest BCUT2D eigenvalue weighted by molar-refractivity contribution is -0.151. The molecule has 0 saturated carbocycles. The zero-order valence-corrected chi connectivity index (χ0v) is 20.5. The minimum Gasteiger partial charge on any atom is -0.497 e. The van der Waals surface area contributed by atoms with Crippen LogP contribution in [0.5, 0.6) is 5.75 Å². The van der Waals surface area contributed by atoms with Crippen molar-refractivity contribution in [3.63, 3.8) is 0 Å². The van der Waals surface area contributed by atoms with E-state index in [4.69, 9.17) is 9.47 Å². The second kappa shape index (κ2) is 12.0. The number of ether oxygens (including phenoxy) is 2. The molecule has 0 atom stereocenters. The fourth-order valence-corrected chi connectivity index (χ4v) is 5.35. The summed E-state index contributed by atoms with van der Waals surface area (Å²) in [5.41, 5.74) is 0.986. The summed E-state index contributed by atoms with van der Waals surface area (Å²) < 4.78 is 38.3. The molecule has 1 fully saturated rings. The van der Waals surface area contributed by atoms with Crippen molar-refractivity contribution in [2.24, 2.45) is 5.92 Å². The minimum absolute atomic E-state index is 0.107. The molecule has 2 aromatic rings. The molecule has 0 aromatic heterocycles. The van der Waals surface area contributed by atoms with Crippen molar-refractivity contribution in [3.05, 3.63) is 60.2 Å². The normalized spacial score (nSPS) is 14.7. The summed E-state index contributed by atoms with van der Waals surface area (Å²) in [6.07, 6.45) is 1.51. The molecule has 9 heteroatoms. The van der Waals surface area contributed by atoms with Gasteiger partial charge in [0.05, 0.1) is 31.1 Å². The molecule has 0 bridgehead atoms. The van der Waals surface area contributed by atoms with Crippen LogP contribution in [0.4, 0.5) is 0 Å². The number of benzene rings is 2. The number of rotatable bonds is 10. The van der Waals surface area contributed by atoms with Crippen molar-refractivity contribution in [3.8, 4) is 5.75 Å². The van der Waals surface area contributed by atoms with Crippen LogP contribution in [0.3, 0.4) is 0 Å². The highest BCUT2D eigenvalue weighted by Crippen LogP contribution is 2.22. The molecule has 0 unspecified atom stereocenters. The summed E-state index contributed by atoms with van der Waals surface area (Å²) >= 11 is 0. The molecule has 1 aliphatic rings. The van der Waals surface area contributed by atoms with E-state index >= 15 is 0 Å². The predicted octanol–water partition coefficient (Wildman–Crippen LogP) is 2.73. The van der Waals surface area contributed by atoms with Gasteiger partial charge in [-0.05, 0) is 56.0 Å². The highest BCUT2D eigenvalue weighted by atomic mass is 32.2. The summed E-state index contributed by atoms with van der Waals surface area (Å²) in [4.78, 5) is 26.8. The molecule has 1 aliphatic heterocycles. The van der Waals surface area contributed by atoms with Crippen molar-refractivity contribution in [2.45, 2.75) is 31.1 Å². The van der Waals surface area contributed by atoms with Crippen molar-refractivity contribution in [1.82, 2.24) is 9.21 Å². The Morgan fingerprint density at radius 1 is 1.03 bits per heavy atom. The second-order valence-corrected chi connectivity index (χ2v) is 10.1. The van der Waals surface area contributed by atoms with Crippen LogP contribution >= 0.6 is 0 Å². The van der Waals surface area contributed by atoms with E-state index in [0.717, 1.165) is 5.56 Å². The lowest BCUT2D eigenvalue weighted by Crippen LogP contribution is -2.47. The lowest BCUT2D eigenvalue weighted by atomic mass is 9.97. The molecule has 184 valence electrons. The number of carbonyl (C=O) groups excluding carboxylic acids is 2. The number of amides is 1. The summed E-state index contributed by atoms with van der Waals surface area (Å²) in [7, 11) is -2.39. The average molecular weight is 489 g/mol. The van der Waals surface area contributed by atoms with Gasteiger partial charge in [0.15, 0.2) is 0 Å². The Bertz CT molecular complexity index is 1050. The molecule has 2 aromatic carbocycles. The fraction of sp³-hybridized carbons (Fsp3) is 0.440. The zero-order valence-electron chi connectivity index (χ0n) is 19.7. The molecule has 34 heavy (non-hydrogen) atoms. The Balaban J connectivity index is 1.72. The van der Waals surface area contributed by atoms with Crippen LogP contribution in [0.15, 0.2) is 59.5 Å². The first-order valence-electron chi connectivity index (χ1n) is 11.5. The van der Waals surface area contributed by atoms with Crippen molar-refractivity contribution in [2.75, 3.05) is 39.9 Å². The van der Waals surface area contributed by atoms with Gasteiger partial charge in [-0.1, -0.05) is 30.3 Å². The SMILES string of the molecule is CCOC(=O)C1CCN(C(=O)CN(CCc2ccccc2)S(=O)(=O)c2ccc(OC)cc2)CC1. The Kier molecular flexibility index (Phi) is 9.06. The predicted molar refractivity (Wildman–Crippen MR) is 128 cm³/mol. The van der Waals surface area contributed by atoms with E-state index in [9.17, 15) is 18.0 Å². The Hall–Kier alpha value is -2.91. The van der Waals surface area contributed by atoms with Gasteiger partial charge in [0.1, 0.15) is 5.75 Å². The maximum absolute atomic E-state index is 13.4. The van der Waals surface area contributed by atoms with Crippen LogP contribution in [-0.2, 0) is 30.8 Å². The minimum atomic E-state index is -3.91. The summed E-state index contributed by atoms with van der Waals surface area (Å²) in [5.74, 6) is -0.176. The number of carbonyl (C=O) groups is 2. The molecule has 8 nitrogen and oxygen atoms in total. The highest BCUT2D eigenvalue weighted by Gasteiger charge is 2.32. The first kappa shape index (κ1) is 25.7. The monoisotopic (exact) mass is 488 g/mol. The van der Waals surface area contributed by atoms with E-state index in [1.54, 1.807) is 24.0 Å². The maximum Gasteiger partial charge on any atom is 0.309 e. The summed E-state index contributed by atoms with van der Waals surface area (Å²) in [6.45, 7) is 2.81. The molecule has 0 radical (unpaired) electrons. The van der Waals surface area contributed by atoms with Crippen LogP contribution in [-0.4, -0.2) is 69.4 Å². The van der Waals surface area contributed by atoms with Gasteiger partial charge in [-0.3, -0.25) is 9.59 Å². The number of methoxy groups -OCH3 is 1. The van der Waals surface area contributed by atoms with Crippen molar-refractivity contribution in [1.29, 1.82) is 0 Å². The molecule has 1 saturated heterocycles. The lowest BCUT2D eigenvalue weighted by Gasteiger charge is -2.32. The third-order valence-corrected chi connectivity index (χ3v) is 7.83. The third kappa shape index (κ3) is 6.57. The maximum atomic E-state index is 13.4. The number of nitrogens with zero attached hydrogens (tertiary/aromatic N) is 2. The first-order valence-corrected chi connectivity index (χ1v) is 12.9. The fourth-order valence-electron chi connectivity index (χ4n) is 3.96. The molecule has 1 heterocycles. The number of sulfonamides is 1. The number of hydrogen-bond donors (Lipinski definition) is 0. The highest BCUT2D eigenvalue weighted by molar-refractivity contribution is 7.89. The smallest absolute Gasteiger partial charge is 0.309 e.